The van der Waals surface area contributed by atoms with Crippen LogP contribution in [0.2, 0.25) is 0 Å². The summed E-state index contributed by atoms with van der Waals surface area (Å²) in [7, 11) is 0. The zero-order valence-corrected chi connectivity index (χ0v) is 35.6. The average Bonchev–Trinajstić information content (AvgIpc) is 3.90. The van der Waals surface area contributed by atoms with Crippen molar-refractivity contribution >= 4 is 33.4 Å². The van der Waals surface area contributed by atoms with E-state index in [2.05, 4.69) is 231 Å². The van der Waals surface area contributed by atoms with Crippen molar-refractivity contribution in [3.63, 3.8) is 0 Å². The molecule has 0 heterocycles. The molecule has 13 rings (SSSR count). The minimum atomic E-state index is -0.313. The Kier molecular flexibility index (Phi) is 7.76. The minimum Gasteiger partial charge on any atom is -0.310 e. The number of benzene rings is 9. The van der Waals surface area contributed by atoms with Gasteiger partial charge in [-0.3, -0.25) is 0 Å². The number of hydrogen-bond donors (Lipinski definition) is 0. The fourth-order valence-electron chi connectivity index (χ4n) is 12.0. The number of allylic oxidation sites excluding steroid dienone is 4. The molecule has 0 fully saturated rings. The zero-order chi connectivity index (χ0) is 41.9. The van der Waals surface area contributed by atoms with E-state index in [0.29, 0.717) is 0 Å². The van der Waals surface area contributed by atoms with Crippen molar-refractivity contribution in [2.24, 2.45) is 0 Å². The monoisotopic (exact) mass is 803 g/mol. The lowest BCUT2D eigenvalue weighted by Crippen LogP contribution is -2.27. The Morgan fingerprint density at radius 2 is 1.05 bits per heavy atom. The average molecular weight is 804 g/mol. The van der Waals surface area contributed by atoms with E-state index in [-0.39, 0.29) is 10.8 Å². The molecular formula is C62H45N. The van der Waals surface area contributed by atoms with Gasteiger partial charge in [0.25, 0.3) is 0 Å². The summed E-state index contributed by atoms with van der Waals surface area (Å²) in [5, 5.41) is 2.47. The molecule has 1 spiro atoms. The van der Waals surface area contributed by atoms with Crippen LogP contribution < -0.4 is 4.90 Å². The molecular weight excluding hydrogens is 759 g/mol. The second kappa shape index (κ2) is 13.5. The van der Waals surface area contributed by atoms with E-state index < -0.39 is 0 Å². The van der Waals surface area contributed by atoms with Crippen molar-refractivity contribution in [1.82, 2.24) is 0 Å². The first-order chi connectivity index (χ1) is 31.0. The molecule has 1 unspecified atom stereocenters. The molecule has 4 aliphatic carbocycles. The number of anilines is 3. The second-order valence-corrected chi connectivity index (χ2v) is 18.3. The fraction of sp³-hybridized carbons (Fsp3) is 0.0968. The summed E-state index contributed by atoms with van der Waals surface area (Å²) in [6.07, 6.45) is 6.88. The van der Waals surface area contributed by atoms with Crippen molar-refractivity contribution in [3.05, 3.63) is 251 Å². The smallest absolute Gasteiger partial charge is 0.0688 e. The molecule has 0 radical (unpaired) electrons. The van der Waals surface area contributed by atoms with Gasteiger partial charge in [-0.1, -0.05) is 190 Å². The molecule has 9 aromatic rings. The van der Waals surface area contributed by atoms with E-state index >= 15 is 0 Å². The van der Waals surface area contributed by atoms with Crippen LogP contribution in [0.25, 0.3) is 60.9 Å². The molecule has 0 saturated carbocycles. The molecule has 0 amide bonds. The summed E-state index contributed by atoms with van der Waals surface area (Å²) < 4.78 is 0. The molecule has 0 aromatic heterocycles. The quantitative estimate of drug-likeness (QED) is 0.168. The minimum absolute atomic E-state index is 0.138. The Balaban J connectivity index is 1.03. The van der Waals surface area contributed by atoms with Crippen molar-refractivity contribution in [2.75, 3.05) is 4.90 Å². The third kappa shape index (κ3) is 5.05. The lowest BCUT2D eigenvalue weighted by molar-refractivity contribution is 0.660. The Hall–Kier alpha value is -7.48. The zero-order valence-electron chi connectivity index (χ0n) is 35.6. The van der Waals surface area contributed by atoms with Crippen LogP contribution in [0, 0.1) is 0 Å². The van der Waals surface area contributed by atoms with Gasteiger partial charge in [-0.05, 0) is 143 Å². The summed E-state index contributed by atoms with van der Waals surface area (Å²) in [6.45, 7) is 4.75. The molecule has 298 valence electrons. The topological polar surface area (TPSA) is 3.24 Å². The maximum absolute atomic E-state index is 2.53. The fourth-order valence-corrected chi connectivity index (χ4v) is 12.0. The molecule has 0 aliphatic heterocycles. The maximum Gasteiger partial charge on any atom is 0.0688 e. The highest BCUT2D eigenvalue weighted by molar-refractivity contribution is 6.06. The number of hydrogen-bond acceptors (Lipinski definition) is 1. The normalized spacial score (nSPS) is 17.0. The van der Waals surface area contributed by atoms with Crippen LogP contribution in [0.4, 0.5) is 17.1 Å². The van der Waals surface area contributed by atoms with E-state index in [9.17, 15) is 0 Å². The standard InChI is InChI=1S/C62H45N/c1-61(2)53-27-12-8-23-47(53)51-35-33-45(39-57(51)61)63(59-36-32-40-17-6-7-22-46(40)60(59)41-18-4-3-5-19-41)44-21-16-20-42(37-44)43-31-34-52-50-26-11-15-30-56(50)62(58(52)38-43)54-28-13-9-24-48(54)49-25-10-14-29-55(49)62/h3-13,15-28,30-39H,14,29H2,1-2H3. The Bertz CT molecular complexity index is 3430. The summed E-state index contributed by atoms with van der Waals surface area (Å²) in [4.78, 5) is 2.51. The van der Waals surface area contributed by atoms with Gasteiger partial charge >= 0.3 is 0 Å². The molecule has 0 saturated heterocycles. The van der Waals surface area contributed by atoms with Crippen LogP contribution in [0.1, 0.15) is 60.1 Å². The third-order valence-electron chi connectivity index (χ3n) is 14.8. The van der Waals surface area contributed by atoms with E-state index in [1.54, 1.807) is 5.57 Å². The predicted molar refractivity (Wildman–Crippen MR) is 264 cm³/mol. The molecule has 1 nitrogen and oxygen atoms in total. The van der Waals surface area contributed by atoms with Crippen LogP contribution in [0.15, 0.2) is 218 Å². The van der Waals surface area contributed by atoms with E-state index in [1.165, 1.54) is 94.2 Å². The van der Waals surface area contributed by atoms with Gasteiger partial charge < -0.3 is 4.90 Å². The van der Waals surface area contributed by atoms with Crippen LogP contribution >= 0.6 is 0 Å². The largest absolute Gasteiger partial charge is 0.310 e. The van der Waals surface area contributed by atoms with E-state index in [0.717, 1.165) is 29.9 Å². The highest BCUT2D eigenvalue weighted by Gasteiger charge is 2.52. The molecule has 1 atom stereocenters. The highest BCUT2D eigenvalue weighted by Crippen LogP contribution is 2.64. The maximum atomic E-state index is 2.53. The van der Waals surface area contributed by atoms with E-state index in [4.69, 9.17) is 0 Å². The predicted octanol–water partition coefficient (Wildman–Crippen LogP) is 16.4. The van der Waals surface area contributed by atoms with Gasteiger partial charge in [0.1, 0.15) is 0 Å². The van der Waals surface area contributed by atoms with Crippen LogP contribution in [0.3, 0.4) is 0 Å². The number of fused-ring (bicyclic) bond motifs is 13. The molecule has 0 N–H and O–H groups in total. The van der Waals surface area contributed by atoms with Crippen molar-refractivity contribution in [2.45, 2.75) is 37.5 Å². The summed E-state index contributed by atoms with van der Waals surface area (Å²) in [6, 6.07) is 75.4. The lowest BCUT2D eigenvalue weighted by Gasteiger charge is -2.33. The Labute approximate surface area is 370 Å². The lowest BCUT2D eigenvalue weighted by atomic mass is 9.68. The van der Waals surface area contributed by atoms with Gasteiger partial charge in [0.05, 0.1) is 11.1 Å². The van der Waals surface area contributed by atoms with Crippen molar-refractivity contribution in [1.29, 1.82) is 0 Å². The van der Waals surface area contributed by atoms with Gasteiger partial charge in [0.15, 0.2) is 0 Å². The molecule has 4 aliphatic rings. The Morgan fingerprint density at radius 3 is 1.89 bits per heavy atom. The van der Waals surface area contributed by atoms with Crippen LogP contribution in [0.5, 0.6) is 0 Å². The first kappa shape index (κ1) is 36.2. The van der Waals surface area contributed by atoms with Gasteiger partial charge in [-0.2, -0.15) is 0 Å². The van der Waals surface area contributed by atoms with Gasteiger partial charge in [-0.25, -0.2) is 0 Å². The van der Waals surface area contributed by atoms with Gasteiger partial charge in [-0.15, -0.1) is 0 Å². The second-order valence-electron chi connectivity index (χ2n) is 18.3. The number of rotatable bonds is 5. The SMILES string of the molecule is CC1(C)c2ccccc2-c2ccc(N(c3cccc(-c4ccc5c(c4)C4(C6=C(C=CCC6)c6ccccc64)c4ccccc4-5)c3)c3ccc4ccccc4c3-c3ccccc3)cc21. The van der Waals surface area contributed by atoms with Crippen molar-refractivity contribution in [3.8, 4) is 44.5 Å². The molecule has 0 bridgehead atoms. The van der Waals surface area contributed by atoms with Crippen LogP contribution in [-0.4, -0.2) is 0 Å². The summed E-state index contributed by atoms with van der Waals surface area (Å²) in [5.74, 6) is 0. The summed E-state index contributed by atoms with van der Waals surface area (Å²) >= 11 is 0. The Morgan fingerprint density at radius 1 is 0.429 bits per heavy atom. The van der Waals surface area contributed by atoms with Crippen molar-refractivity contribution < 1.29 is 0 Å². The molecule has 9 aromatic carbocycles. The van der Waals surface area contributed by atoms with Gasteiger partial charge in [0.2, 0.25) is 0 Å². The van der Waals surface area contributed by atoms with Gasteiger partial charge in [0, 0.05) is 22.4 Å². The molecule has 63 heavy (non-hydrogen) atoms. The van der Waals surface area contributed by atoms with E-state index in [1.807, 2.05) is 0 Å². The number of nitrogens with zero attached hydrogens (tertiary/aromatic N) is 1. The van der Waals surface area contributed by atoms with Crippen LogP contribution in [-0.2, 0) is 10.8 Å². The highest BCUT2D eigenvalue weighted by atomic mass is 15.1. The first-order valence-electron chi connectivity index (χ1n) is 22.5. The summed E-state index contributed by atoms with van der Waals surface area (Å²) in [5.41, 5.74) is 24.5. The third-order valence-corrected chi connectivity index (χ3v) is 14.8. The molecule has 1 heteroatoms. The first-order valence-corrected chi connectivity index (χ1v) is 22.5.